The zero-order valence-corrected chi connectivity index (χ0v) is 23.6. The molecule has 1 aromatic carbocycles. The van der Waals surface area contributed by atoms with Crippen molar-refractivity contribution in [1.82, 2.24) is 9.88 Å². The molecule has 1 aliphatic carbocycles. The number of pyridine rings is 1. The van der Waals surface area contributed by atoms with Crippen molar-refractivity contribution in [3.63, 3.8) is 0 Å². The highest BCUT2D eigenvalue weighted by Crippen LogP contribution is 2.60. The van der Waals surface area contributed by atoms with Crippen LogP contribution in [-0.4, -0.2) is 33.3 Å². The number of esters is 1. The smallest absolute Gasteiger partial charge is 0.310 e. The number of benzene rings is 1. The summed E-state index contributed by atoms with van der Waals surface area (Å²) in [4.78, 5) is 21.9. The van der Waals surface area contributed by atoms with Gasteiger partial charge in [0.05, 0.1) is 11.5 Å². The molecule has 0 bridgehead atoms. The minimum Gasteiger partial charge on any atom is -0.460 e. The molecule has 208 valence electrons. The van der Waals surface area contributed by atoms with Crippen molar-refractivity contribution in [3.05, 3.63) is 74.5 Å². The van der Waals surface area contributed by atoms with E-state index >= 15 is 0 Å². The summed E-state index contributed by atoms with van der Waals surface area (Å²) in [5.74, 6) is -6.98. The quantitative estimate of drug-likeness (QED) is 0.113. The largest absolute Gasteiger partial charge is 0.460 e. The first-order valence-electron chi connectivity index (χ1n) is 11.3. The van der Waals surface area contributed by atoms with Crippen LogP contribution in [0.25, 0.3) is 0 Å². The second kappa shape index (κ2) is 13.2. The molecular formula is C25H21Cl3F4N4O2S. The van der Waals surface area contributed by atoms with E-state index in [0.29, 0.717) is 5.15 Å². The Kier molecular flexibility index (Phi) is 10.5. The maximum Gasteiger partial charge on any atom is 0.310 e. The van der Waals surface area contributed by atoms with E-state index in [2.05, 4.69) is 14.9 Å². The Balaban J connectivity index is 0.000000230. The van der Waals surface area contributed by atoms with Gasteiger partial charge in [-0.05, 0) is 29.0 Å². The fourth-order valence-electron chi connectivity index (χ4n) is 4.00. The molecule has 1 saturated carbocycles. The first-order chi connectivity index (χ1) is 18.4. The van der Waals surface area contributed by atoms with Crippen molar-refractivity contribution >= 4 is 57.7 Å². The standard InChI is InChI=1S/C15H12Cl2F4O2.C10H9ClN4S/c1-15(2)7(3-10(16)17)11(15)14(22)23-5-6-12(20)8(18)4-9(19)13(6)21;11-9-2-1-8(5-13-9)6-15-3-4-16-10(15)14-7-12/h3-4,7,11H,5H2,1-2H3;1-2,5H,3-4,6H2/t7-,11+;/m1./s1. The number of nitrogens with zero attached hydrogens (tertiary/aromatic N) is 4. The van der Waals surface area contributed by atoms with Crippen molar-refractivity contribution in [2.45, 2.75) is 27.0 Å². The lowest BCUT2D eigenvalue weighted by molar-refractivity contribution is -0.147. The summed E-state index contributed by atoms with van der Waals surface area (Å²) in [6, 6.07) is 3.78. The molecule has 2 aliphatic rings. The molecule has 2 fully saturated rings. The number of aliphatic imine (C=N–C) groups is 1. The van der Waals surface area contributed by atoms with Crippen LogP contribution in [0.5, 0.6) is 0 Å². The van der Waals surface area contributed by atoms with Gasteiger partial charge in [-0.3, -0.25) is 4.79 Å². The summed E-state index contributed by atoms with van der Waals surface area (Å²) in [5, 5.41) is 9.82. The van der Waals surface area contributed by atoms with E-state index in [1.54, 1.807) is 37.9 Å². The van der Waals surface area contributed by atoms with Crippen LogP contribution < -0.4 is 0 Å². The highest BCUT2D eigenvalue weighted by Gasteiger charge is 2.61. The van der Waals surface area contributed by atoms with Gasteiger partial charge in [-0.15, -0.1) is 4.99 Å². The molecular weight excluding hydrogens is 603 g/mol. The molecule has 2 atom stereocenters. The fraction of sp³-hybridized carbons (Fsp3) is 0.360. The van der Waals surface area contributed by atoms with E-state index < -0.39 is 52.7 Å². The van der Waals surface area contributed by atoms with E-state index in [1.807, 2.05) is 12.3 Å². The van der Waals surface area contributed by atoms with E-state index in [-0.39, 0.29) is 16.5 Å². The highest BCUT2D eigenvalue weighted by atomic mass is 35.5. The fourth-order valence-corrected chi connectivity index (χ4v) is 5.33. The Labute approximate surface area is 241 Å². The summed E-state index contributed by atoms with van der Waals surface area (Å²) in [6.45, 7) is 4.24. The number of aromatic nitrogens is 1. The van der Waals surface area contributed by atoms with E-state index in [4.69, 9.17) is 44.8 Å². The predicted octanol–water partition coefficient (Wildman–Crippen LogP) is 7.00. The Hall–Kier alpha value is -2.52. The normalized spacial score (nSPS) is 20.1. The first-order valence-corrected chi connectivity index (χ1v) is 13.4. The lowest BCUT2D eigenvalue weighted by Crippen LogP contribution is -2.23. The van der Waals surface area contributed by atoms with Gasteiger partial charge < -0.3 is 9.64 Å². The Morgan fingerprint density at radius 2 is 1.95 bits per heavy atom. The Morgan fingerprint density at radius 1 is 1.28 bits per heavy atom. The van der Waals surface area contributed by atoms with Crippen LogP contribution in [0.1, 0.15) is 25.0 Å². The lowest BCUT2D eigenvalue weighted by atomic mass is 10.1. The lowest BCUT2D eigenvalue weighted by Gasteiger charge is -2.16. The average molecular weight is 624 g/mol. The van der Waals surface area contributed by atoms with E-state index in [0.717, 1.165) is 29.6 Å². The molecule has 0 unspecified atom stereocenters. The van der Waals surface area contributed by atoms with E-state index in [9.17, 15) is 22.4 Å². The number of hydrogen-bond acceptors (Lipinski definition) is 6. The summed E-state index contributed by atoms with van der Waals surface area (Å²) in [7, 11) is 0. The number of allylic oxidation sites excluding steroid dienone is 1. The third-order valence-corrected chi connectivity index (χ3v) is 7.67. The summed E-state index contributed by atoms with van der Waals surface area (Å²) >= 11 is 18.4. The van der Waals surface area contributed by atoms with E-state index in [1.165, 1.54) is 6.08 Å². The third-order valence-electron chi connectivity index (χ3n) is 6.20. The number of rotatable bonds is 6. The van der Waals surface area contributed by atoms with Crippen LogP contribution in [0.15, 0.2) is 40.0 Å². The van der Waals surface area contributed by atoms with Crippen LogP contribution in [0.2, 0.25) is 5.15 Å². The highest BCUT2D eigenvalue weighted by molar-refractivity contribution is 8.14. The molecule has 0 amide bonds. The molecule has 1 saturated heterocycles. The monoisotopic (exact) mass is 622 g/mol. The van der Waals surface area contributed by atoms with Gasteiger partial charge in [-0.25, -0.2) is 22.5 Å². The van der Waals surface area contributed by atoms with Gasteiger partial charge in [-0.2, -0.15) is 5.26 Å². The molecule has 4 rings (SSSR count). The Morgan fingerprint density at radius 3 is 2.51 bits per heavy atom. The maximum atomic E-state index is 13.5. The minimum atomic E-state index is -1.59. The molecule has 0 N–H and O–H groups in total. The van der Waals surface area contributed by atoms with Crippen molar-refractivity contribution in [3.8, 4) is 6.19 Å². The van der Waals surface area contributed by atoms with Crippen LogP contribution >= 0.6 is 46.6 Å². The second-order valence-electron chi connectivity index (χ2n) is 9.09. The number of halogens is 7. The number of carbonyl (C=O) groups is 1. The van der Waals surface area contributed by atoms with Gasteiger partial charge in [0.2, 0.25) is 6.19 Å². The van der Waals surface area contributed by atoms with Crippen LogP contribution in [0.4, 0.5) is 17.6 Å². The van der Waals surface area contributed by atoms with Gasteiger partial charge >= 0.3 is 5.97 Å². The number of thioether (sulfide) groups is 1. The SMILES string of the molecule is CC1(C)[C@H](C=C(Cl)Cl)[C@H]1C(=O)OCc1c(F)c(F)cc(F)c1F.N#CN=C1SCCN1Cc1ccc(Cl)nc1. The van der Waals surface area contributed by atoms with Crippen molar-refractivity contribution in [2.24, 2.45) is 22.2 Å². The zero-order chi connectivity index (χ0) is 28.9. The third kappa shape index (κ3) is 7.78. The van der Waals surface area contributed by atoms with Gasteiger partial charge in [0.1, 0.15) is 16.3 Å². The molecule has 2 aromatic rings. The minimum absolute atomic E-state index is 0.0114. The molecule has 0 spiro atoms. The number of amidine groups is 1. The van der Waals surface area contributed by atoms with Gasteiger partial charge in [0.25, 0.3) is 0 Å². The van der Waals surface area contributed by atoms with Crippen molar-refractivity contribution < 1.29 is 27.1 Å². The predicted molar refractivity (Wildman–Crippen MR) is 142 cm³/mol. The Bertz CT molecular complexity index is 1310. The number of hydrogen-bond donors (Lipinski definition) is 0. The van der Waals surface area contributed by atoms with Crippen molar-refractivity contribution in [2.75, 3.05) is 12.3 Å². The first kappa shape index (κ1) is 31.0. The molecule has 39 heavy (non-hydrogen) atoms. The molecule has 0 radical (unpaired) electrons. The topological polar surface area (TPSA) is 78.6 Å². The number of nitriles is 1. The number of ether oxygens (including phenoxy) is 1. The average Bonchev–Trinajstić information content (AvgIpc) is 3.16. The molecule has 2 heterocycles. The molecule has 1 aromatic heterocycles. The molecule has 1 aliphatic heterocycles. The van der Waals surface area contributed by atoms with Crippen LogP contribution in [0, 0.1) is 52.0 Å². The summed E-state index contributed by atoms with van der Waals surface area (Å²) < 4.78 is 57.9. The second-order valence-corrected chi connectivity index (χ2v) is 11.5. The van der Waals surface area contributed by atoms with Gasteiger partial charge in [0, 0.05) is 31.1 Å². The summed E-state index contributed by atoms with van der Waals surface area (Å²) in [6.07, 6.45) is 5.04. The zero-order valence-electron chi connectivity index (χ0n) is 20.5. The summed E-state index contributed by atoms with van der Waals surface area (Å²) in [5.41, 5.74) is -0.398. The molecule has 14 heteroatoms. The van der Waals surface area contributed by atoms with Crippen LogP contribution in [0.3, 0.4) is 0 Å². The van der Waals surface area contributed by atoms with Crippen molar-refractivity contribution in [1.29, 1.82) is 5.26 Å². The van der Waals surface area contributed by atoms with Crippen LogP contribution in [-0.2, 0) is 22.7 Å². The maximum absolute atomic E-state index is 13.5. The number of carbonyl (C=O) groups excluding carboxylic acids is 1. The van der Waals surface area contributed by atoms with Gasteiger partial charge in [0.15, 0.2) is 28.4 Å². The molecule has 6 nitrogen and oxygen atoms in total. The van der Waals surface area contributed by atoms with Gasteiger partial charge in [-0.1, -0.05) is 66.5 Å².